The van der Waals surface area contributed by atoms with Crippen LogP contribution in [0.3, 0.4) is 0 Å². The molecule has 1 heterocycles. The van der Waals surface area contributed by atoms with E-state index in [2.05, 4.69) is 5.32 Å². The van der Waals surface area contributed by atoms with E-state index in [4.69, 9.17) is 21.1 Å². The fourth-order valence-electron chi connectivity index (χ4n) is 3.81. The van der Waals surface area contributed by atoms with E-state index >= 15 is 13.2 Å². The molecule has 1 fully saturated rings. The lowest BCUT2D eigenvalue weighted by Crippen LogP contribution is -2.62. The van der Waals surface area contributed by atoms with Gasteiger partial charge < -0.3 is 10.1 Å². The van der Waals surface area contributed by atoms with Crippen LogP contribution in [0.2, 0.25) is 0 Å². The maximum absolute atomic E-state index is 15.8. The summed E-state index contributed by atoms with van der Waals surface area (Å²) in [6, 6.07) is 9.63. The molecule has 0 radical (unpaired) electrons. The molecule has 2 aromatic rings. The lowest BCUT2D eigenvalue weighted by atomic mass is 9.77. The van der Waals surface area contributed by atoms with Crippen LogP contribution in [0.15, 0.2) is 47.4 Å². The zero-order chi connectivity index (χ0) is 26.4. The van der Waals surface area contributed by atoms with Gasteiger partial charge in [0, 0.05) is 5.56 Å². The van der Waals surface area contributed by atoms with Gasteiger partial charge in [-0.1, -0.05) is 51.2 Å². The van der Waals surface area contributed by atoms with Crippen molar-refractivity contribution in [2.75, 3.05) is 13.2 Å². The molecule has 0 saturated carbocycles. The average Bonchev–Trinajstić information content (AvgIpc) is 2.81. The molecule has 1 aliphatic rings. The topological polar surface area (TPSA) is 64.6 Å². The molecular formula is C25H30F3NO4S2. The molecule has 35 heavy (non-hydrogen) atoms. The zero-order valence-corrected chi connectivity index (χ0v) is 22.2. The second kappa shape index (κ2) is 9.14. The normalized spacial score (nSPS) is 22.4. The minimum Gasteiger partial charge on any atom is -0.363 e. The third-order valence-electron chi connectivity index (χ3n) is 5.95. The number of thiocarbonyl (C=S) groups is 1. The van der Waals surface area contributed by atoms with Gasteiger partial charge in [-0.2, -0.15) is 8.42 Å². The molecule has 3 rings (SSSR count). The summed E-state index contributed by atoms with van der Waals surface area (Å²) in [7, 11) is -4.06. The van der Waals surface area contributed by atoms with Gasteiger partial charge in [-0.25, -0.2) is 13.2 Å². The predicted molar refractivity (Wildman–Crippen MR) is 132 cm³/mol. The molecule has 0 amide bonds. The summed E-state index contributed by atoms with van der Waals surface area (Å²) in [5, 5.41) is 2.60. The van der Waals surface area contributed by atoms with E-state index in [-0.39, 0.29) is 34.1 Å². The highest BCUT2D eigenvalue weighted by Gasteiger charge is 2.64. The molecule has 0 spiro atoms. The van der Waals surface area contributed by atoms with Crippen molar-refractivity contribution in [2.45, 2.75) is 63.5 Å². The molecule has 5 nitrogen and oxygen atoms in total. The minimum atomic E-state index is -4.06. The van der Waals surface area contributed by atoms with Gasteiger partial charge in [-0.15, -0.1) is 0 Å². The molecule has 192 valence electrons. The van der Waals surface area contributed by atoms with Crippen LogP contribution in [0.1, 0.15) is 47.1 Å². The van der Waals surface area contributed by atoms with Gasteiger partial charge in [0.25, 0.3) is 10.1 Å². The molecule has 2 aromatic carbocycles. The first-order chi connectivity index (χ1) is 15.9. The SMILES string of the molecule is CC(C)(C)COS(=O)(=O)c1cccc(-c2ccc(F)c([C@@]3(C)NC(=S)COC(C)(C)C3(F)F)c2)c1. The van der Waals surface area contributed by atoms with E-state index in [1.807, 2.05) is 20.8 Å². The van der Waals surface area contributed by atoms with Gasteiger partial charge in [0.1, 0.15) is 21.9 Å². The first kappa shape index (κ1) is 27.6. The van der Waals surface area contributed by atoms with Crippen LogP contribution in [0.4, 0.5) is 13.2 Å². The number of rotatable bonds is 5. The Labute approximate surface area is 210 Å². The monoisotopic (exact) mass is 529 g/mol. The fraction of sp³-hybridized carbons (Fsp3) is 0.480. The highest BCUT2D eigenvalue weighted by Crippen LogP contribution is 2.48. The van der Waals surface area contributed by atoms with E-state index in [1.165, 1.54) is 51.1 Å². The van der Waals surface area contributed by atoms with Crippen molar-refractivity contribution in [1.82, 2.24) is 5.32 Å². The maximum Gasteiger partial charge on any atom is 0.302 e. The minimum absolute atomic E-state index is 0.0167. The summed E-state index contributed by atoms with van der Waals surface area (Å²) in [5.74, 6) is -4.44. The summed E-state index contributed by atoms with van der Waals surface area (Å²) < 4.78 is 82.5. The number of hydrogen-bond acceptors (Lipinski definition) is 5. The molecule has 0 bridgehead atoms. The third-order valence-corrected chi connectivity index (χ3v) is 7.43. The van der Waals surface area contributed by atoms with Gasteiger partial charge in [-0.3, -0.25) is 4.18 Å². The van der Waals surface area contributed by atoms with Crippen molar-refractivity contribution >= 4 is 27.3 Å². The fourth-order valence-corrected chi connectivity index (χ4v) is 5.23. The number of hydrogen-bond donors (Lipinski definition) is 1. The number of halogens is 3. The molecule has 10 heteroatoms. The van der Waals surface area contributed by atoms with Gasteiger partial charge in [-0.05, 0) is 61.6 Å². The summed E-state index contributed by atoms with van der Waals surface area (Å²) in [6.07, 6.45) is 0. The second-order valence-electron chi connectivity index (χ2n) is 10.5. The van der Waals surface area contributed by atoms with E-state index in [9.17, 15) is 8.42 Å². The van der Waals surface area contributed by atoms with E-state index < -0.39 is 33.0 Å². The molecule has 0 aromatic heterocycles. The van der Waals surface area contributed by atoms with Crippen LogP contribution in [-0.2, 0) is 24.6 Å². The molecular weight excluding hydrogens is 499 g/mol. The largest absolute Gasteiger partial charge is 0.363 e. The Hall–Kier alpha value is -2.01. The predicted octanol–water partition coefficient (Wildman–Crippen LogP) is 5.82. The Balaban J connectivity index is 2.09. The average molecular weight is 530 g/mol. The number of ether oxygens (including phenoxy) is 1. The molecule has 1 saturated heterocycles. The van der Waals surface area contributed by atoms with Crippen LogP contribution in [-0.4, -0.2) is 38.1 Å². The van der Waals surface area contributed by atoms with Crippen LogP contribution < -0.4 is 5.32 Å². The lowest BCUT2D eigenvalue weighted by Gasteiger charge is -2.44. The van der Waals surface area contributed by atoms with Crippen LogP contribution >= 0.6 is 12.2 Å². The number of benzene rings is 2. The highest BCUT2D eigenvalue weighted by molar-refractivity contribution is 7.86. The molecule has 0 aliphatic carbocycles. The van der Waals surface area contributed by atoms with Crippen molar-refractivity contribution in [2.24, 2.45) is 5.41 Å². The maximum atomic E-state index is 15.8. The third kappa shape index (κ3) is 5.40. The van der Waals surface area contributed by atoms with Gasteiger partial charge in [0.05, 0.1) is 18.1 Å². The van der Waals surface area contributed by atoms with Crippen molar-refractivity contribution in [3.8, 4) is 11.1 Å². The summed E-state index contributed by atoms with van der Waals surface area (Å²) >= 11 is 5.15. The van der Waals surface area contributed by atoms with E-state index in [0.29, 0.717) is 11.1 Å². The Morgan fingerprint density at radius 3 is 2.34 bits per heavy atom. The molecule has 1 atom stereocenters. The molecule has 1 N–H and O–H groups in total. The zero-order valence-electron chi connectivity index (χ0n) is 20.5. The van der Waals surface area contributed by atoms with Crippen LogP contribution in [0.25, 0.3) is 11.1 Å². The number of alkyl halides is 2. The highest BCUT2D eigenvalue weighted by atomic mass is 32.2. The first-order valence-electron chi connectivity index (χ1n) is 11.0. The Morgan fingerprint density at radius 2 is 1.71 bits per heavy atom. The van der Waals surface area contributed by atoms with Crippen molar-refractivity contribution in [1.29, 1.82) is 0 Å². The van der Waals surface area contributed by atoms with Crippen molar-refractivity contribution in [3.05, 3.63) is 53.8 Å². The van der Waals surface area contributed by atoms with Gasteiger partial charge in [0.2, 0.25) is 0 Å². The van der Waals surface area contributed by atoms with Gasteiger partial charge >= 0.3 is 5.92 Å². The van der Waals surface area contributed by atoms with E-state index in [1.54, 1.807) is 6.07 Å². The Morgan fingerprint density at radius 1 is 1.09 bits per heavy atom. The smallest absolute Gasteiger partial charge is 0.302 e. The quantitative estimate of drug-likeness (QED) is 0.389. The Bertz CT molecular complexity index is 1240. The summed E-state index contributed by atoms with van der Waals surface area (Å²) in [6.45, 7) is 8.92. The van der Waals surface area contributed by atoms with Crippen molar-refractivity contribution < 1.29 is 30.5 Å². The lowest BCUT2D eigenvalue weighted by molar-refractivity contribution is -0.216. The van der Waals surface area contributed by atoms with Crippen molar-refractivity contribution in [3.63, 3.8) is 0 Å². The second-order valence-corrected chi connectivity index (χ2v) is 12.7. The summed E-state index contributed by atoms with van der Waals surface area (Å²) in [5.41, 5.74) is -4.13. The number of nitrogens with one attached hydrogen (secondary N) is 1. The van der Waals surface area contributed by atoms with E-state index in [0.717, 1.165) is 6.07 Å². The molecule has 1 aliphatic heterocycles. The van der Waals surface area contributed by atoms with Crippen LogP contribution in [0, 0.1) is 11.2 Å². The van der Waals surface area contributed by atoms with Gasteiger partial charge in [0.15, 0.2) is 0 Å². The molecule has 0 unspecified atom stereocenters. The first-order valence-corrected chi connectivity index (χ1v) is 12.8. The van der Waals surface area contributed by atoms with Crippen LogP contribution in [0.5, 0.6) is 0 Å². The summed E-state index contributed by atoms with van der Waals surface area (Å²) in [4.78, 5) is -0.0726. The Kier molecular flexibility index (Phi) is 7.20. The standard InChI is InChI=1S/C25H30F3NO4S2/c1-22(2,3)15-33-35(30,31)18-9-7-8-16(12-18)17-10-11-20(26)19(13-17)24(6)25(27,28)23(4,5)32-14-21(34)29-24/h7-13H,14-15H2,1-6H3,(H,29,34)/t24-/m1/s1.